The van der Waals surface area contributed by atoms with Gasteiger partial charge in [-0.15, -0.1) is 0 Å². The number of phenolic OH excluding ortho intramolecular Hbond substituents is 2. The molecular formula is C14H24O3. The largest absolute Gasteiger partial charge is 0.504 e. The molecule has 0 heterocycles. The van der Waals surface area contributed by atoms with Crippen LogP contribution in [0.2, 0.25) is 0 Å². The number of para-hydroxylation sites is 2. The molecule has 0 spiro atoms. The molecule has 1 rings (SSSR count). The topological polar surface area (TPSA) is 49.7 Å². The smallest absolute Gasteiger partial charge is 0.157 e. The Balaban J connectivity index is 0.000000302. The Labute approximate surface area is 104 Å². The molecule has 1 aromatic carbocycles. The third-order valence-electron chi connectivity index (χ3n) is 2.17. The van der Waals surface area contributed by atoms with E-state index in [2.05, 4.69) is 13.8 Å². The molecule has 0 radical (unpaired) electrons. The predicted octanol–water partition coefficient (Wildman–Crippen LogP) is 3.70. The first-order valence-electron chi connectivity index (χ1n) is 6.27. The lowest BCUT2D eigenvalue weighted by Gasteiger charge is -1.99. The first-order chi connectivity index (χ1) is 8.22. The highest BCUT2D eigenvalue weighted by molar-refractivity contribution is 5.36. The van der Waals surface area contributed by atoms with Gasteiger partial charge in [-0.05, 0) is 25.0 Å². The Morgan fingerprint density at radius 2 is 1.29 bits per heavy atom. The number of rotatable bonds is 6. The standard InChI is InChI=1S/C8H18O.C6H6O2/c1-3-5-7-9-8-6-4-2;7-5-3-1-2-4-6(5)8/h3-8H2,1-2H3;1-4,7-8H. The molecule has 0 amide bonds. The molecule has 0 aliphatic rings. The van der Waals surface area contributed by atoms with Crippen LogP contribution in [0.5, 0.6) is 11.5 Å². The normalized spacial score (nSPS) is 9.53. The summed E-state index contributed by atoms with van der Waals surface area (Å²) in [6.07, 6.45) is 4.91. The summed E-state index contributed by atoms with van der Waals surface area (Å²) in [5, 5.41) is 17.3. The van der Waals surface area contributed by atoms with Crippen molar-refractivity contribution in [3.05, 3.63) is 24.3 Å². The third kappa shape index (κ3) is 9.69. The van der Waals surface area contributed by atoms with Crippen molar-refractivity contribution < 1.29 is 14.9 Å². The second kappa shape index (κ2) is 11.3. The van der Waals surface area contributed by atoms with Gasteiger partial charge in [0.2, 0.25) is 0 Å². The lowest BCUT2D eigenvalue weighted by Crippen LogP contribution is -1.95. The number of benzene rings is 1. The molecule has 0 unspecified atom stereocenters. The Kier molecular flexibility index (Phi) is 10.5. The van der Waals surface area contributed by atoms with Crippen molar-refractivity contribution in [3.63, 3.8) is 0 Å². The fourth-order valence-electron chi connectivity index (χ4n) is 1.06. The molecule has 0 aliphatic heterocycles. The minimum absolute atomic E-state index is 0.0764. The van der Waals surface area contributed by atoms with E-state index in [-0.39, 0.29) is 11.5 Å². The fourth-order valence-corrected chi connectivity index (χ4v) is 1.06. The summed E-state index contributed by atoms with van der Waals surface area (Å²) in [6, 6.07) is 6.15. The lowest BCUT2D eigenvalue weighted by molar-refractivity contribution is 0.128. The summed E-state index contributed by atoms with van der Waals surface area (Å²) in [6.45, 7) is 6.28. The highest BCUT2D eigenvalue weighted by atomic mass is 16.5. The molecule has 17 heavy (non-hydrogen) atoms. The number of phenols is 2. The van der Waals surface area contributed by atoms with Crippen molar-refractivity contribution >= 4 is 0 Å². The van der Waals surface area contributed by atoms with E-state index in [1.807, 2.05) is 0 Å². The van der Waals surface area contributed by atoms with E-state index in [0.717, 1.165) is 13.2 Å². The van der Waals surface area contributed by atoms with Gasteiger partial charge in [0.25, 0.3) is 0 Å². The average molecular weight is 240 g/mol. The molecule has 0 aromatic heterocycles. The van der Waals surface area contributed by atoms with Gasteiger partial charge < -0.3 is 14.9 Å². The highest BCUT2D eigenvalue weighted by Gasteiger charge is 1.90. The van der Waals surface area contributed by atoms with Crippen LogP contribution in [0, 0.1) is 0 Å². The number of hydrogen-bond acceptors (Lipinski definition) is 3. The van der Waals surface area contributed by atoms with E-state index in [0.29, 0.717) is 0 Å². The zero-order chi connectivity index (χ0) is 12.9. The van der Waals surface area contributed by atoms with Crippen LogP contribution in [-0.4, -0.2) is 23.4 Å². The average Bonchev–Trinajstić information content (AvgIpc) is 2.34. The van der Waals surface area contributed by atoms with Crippen LogP contribution in [0.15, 0.2) is 24.3 Å². The van der Waals surface area contributed by atoms with Crippen molar-refractivity contribution in [2.45, 2.75) is 39.5 Å². The van der Waals surface area contributed by atoms with Crippen LogP contribution in [0.4, 0.5) is 0 Å². The summed E-state index contributed by atoms with van der Waals surface area (Å²) in [5.41, 5.74) is 0. The highest BCUT2D eigenvalue weighted by Crippen LogP contribution is 2.21. The van der Waals surface area contributed by atoms with Gasteiger partial charge in [-0.1, -0.05) is 38.8 Å². The van der Waals surface area contributed by atoms with Crippen molar-refractivity contribution in [2.24, 2.45) is 0 Å². The zero-order valence-corrected chi connectivity index (χ0v) is 10.9. The monoisotopic (exact) mass is 240 g/mol. The van der Waals surface area contributed by atoms with Crippen molar-refractivity contribution in [2.75, 3.05) is 13.2 Å². The Bertz CT molecular complexity index is 247. The molecular weight excluding hydrogens is 216 g/mol. The molecule has 0 bridgehead atoms. The molecule has 0 aliphatic carbocycles. The number of ether oxygens (including phenoxy) is 1. The maximum Gasteiger partial charge on any atom is 0.157 e. The first kappa shape index (κ1) is 15.8. The summed E-state index contributed by atoms with van der Waals surface area (Å²) < 4.78 is 5.31. The number of unbranched alkanes of at least 4 members (excludes halogenated alkanes) is 2. The zero-order valence-electron chi connectivity index (χ0n) is 10.9. The van der Waals surface area contributed by atoms with Crippen molar-refractivity contribution in [3.8, 4) is 11.5 Å². The molecule has 98 valence electrons. The summed E-state index contributed by atoms with van der Waals surface area (Å²) in [7, 11) is 0. The first-order valence-corrected chi connectivity index (χ1v) is 6.27. The lowest BCUT2D eigenvalue weighted by atomic mass is 10.3. The maximum atomic E-state index is 8.67. The SMILES string of the molecule is CCCCOCCCC.Oc1ccccc1O. The van der Waals surface area contributed by atoms with E-state index in [1.54, 1.807) is 12.1 Å². The molecule has 0 saturated heterocycles. The van der Waals surface area contributed by atoms with Gasteiger partial charge in [-0.25, -0.2) is 0 Å². The van der Waals surface area contributed by atoms with E-state index < -0.39 is 0 Å². The Morgan fingerprint density at radius 3 is 1.59 bits per heavy atom. The third-order valence-corrected chi connectivity index (χ3v) is 2.17. The minimum Gasteiger partial charge on any atom is -0.504 e. The van der Waals surface area contributed by atoms with Gasteiger partial charge in [0.05, 0.1) is 0 Å². The quantitative estimate of drug-likeness (QED) is 0.589. The fraction of sp³-hybridized carbons (Fsp3) is 0.571. The van der Waals surface area contributed by atoms with E-state index in [4.69, 9.17) is 14.9 Å². The van der Waals surface area contributed by atoms with Crippen LogP contribution >= 0.6 is 0 Å². The Morgan fingerprint density at radius 1 is 0.882 bits per heavy atom. The van der Waals surface area contributed by atoms with E-state index in [9.17, 15) is 0 Å². The van der Waals surface area contributed by atoms with Gasteiger partial charge in [0.1, 0.15) is 0 Å². The summed E-state index contributed by atoms with van der Waals surface area (Å²) >= 11 is 0. The van der Waals surface area contributed by atoms with Gasteiger partial charge in [-0.3, -0.25) is 0 Å². The minimum atomic E-state index is -0.0764. The van der Waals surface area contributed by atoms with Crippen LogP contribution in [0.25, 0.3) is 0 Å². The Hall–Kier alpha value is -1.22. The van der Waals surface area contributed by atoms with Crippen LogP contribution in [-0.2, 0) is 4.74 Å². The molecule has 3 heteroatoms. The van der Waals surface area contributed by atoms with E-state index >= 15 is 0 Å². The predicted molar refractivity (Wildman–Crippen MR) is 70.4 cm³/mol. The molecule has 0 atom stereocenters. The van der Waals surface area contributed by atoms with Crippen molar-refractivity contribution in [1.82, 2.24) is 0 Å². The van der Waals surface area contributed by atoms with Crippen LogP contribution < -0.4 is 0 Å². The van der Waals surface area contributed by atoms with Gasteiger partial charge in [-0.2, -0.15) is 0 Å². The molecule has 2 N–H and O–H groups in total. The molecule has 1 aromatic rings. The second-order valence-electron chi connectivity index (χ2n) is 3.81. The van der Waals surface area contributed by atoms with E-state index in [1.165, 1.54) is 37.8 Å². The number of hydrogen-bond donors (Lipinski definition) is 2. The summed E-state index contributed by atoms with van der Waals surface area (Å²) in [4.78, 5) is 0. The van der Waals surface area contributed by atoms with Crippen LogP contribution in [0.1, 0.15) is 39.5 Å². The van der Waals surface area contributed by atoms with Gasteiger partial charge >= 0.3 is 0 Å². The molecule has 0 fully saturated rings. The maximum absolute atomic E-state index is 8.67. The molecule has 3 nitrogen and oxygen atoms in total. The summed E-state index contributed by atoms with van der Waals surface area (Å²) in [5.74, 6) is -0.153. The van der Waals surface area contributed by atoms with Gasteiger partial charge in [0, 0.05) is 13.2 Å². The van der Waals surface area contributed by atoms with Crippen molar-refractivity contribution in [1.29, 1.82) is 0 Å². The second-order valence-corrected chi connectivity index (χ2v) is 3.81. The molecule has 0 saturated carbocycles. The van der Waals surface area contributed by atoms with Gasteiger partial charge in [0.15, 0.2) is 11.5 Å². The van der Waals surface area contributed by atoms with Crippen LogP contribution in [0.3, 0.4) is 0 Å². The number of aromatic hydroxyl groups is 2.